The lowest BCUT2D eigenvalue weighted by molar-refractivity contribution is 0.0977. The van der Waals surface area contributed by atoms with Crippen LogP contribution in [0.5, 0.6) is 5.75 Å². The van der Waals surface area contributed by atoms with Crippen molar-refractivity contribution in [1.29, 1.82) is 0 Å². The van der Waals surface area contributed by atoms with Crippen molar-refractivity contribution in [2.24, 2.45) is 0 Å². The fraction of sp³-hybridized carbons (Fsp3) is 0.0455. The van der Waals surface area contributed by atoms with Crippen LogP contribution in [0, 0.1) is 0 Å². The first-order valence-corrected chi connectivity index (χ1v) is 10.2. The highest BCUT2D eigenvalue weighted by Gasteiger charge is 2.12. The van der Waals surface area contributed by atoms with Gasteiger partial charge in [0.25, 0.3) is 5.91 Å². The SMILES string of the molecule is COc1ccc(C(=O)NC(=S)Nc2ccc3oc(-c4ccc(Cl)c(Cl)c4)nc3c2)cc1. The van der Waals surface area contributed by atoms with E-state index in [1.807, 2.05) is 0 Å². The number of carbonyl (C=O) groups excluding carboxylic acids is 1. The van der Waals surface area contributed by atoms with Crippen molar-refractivity contribution in [2.45, 2.75) is 0 Å². The zero-order chi connectivity index (χ0) is 22.0. The predicted molar refractivity (Wildman–Crippen MR) is 126 cm³/mol. The van der Waals surface area contributed by atoms with Crippen molar-refractivity contribution in [3.05, 3.63) is 76.3 Å². The minimum Gasteiger partial charge on any atom is -0.497 e. The second-order valence-electron chi connectivity index (χ2n) is 6.47. The molecule has 9 heteroatoms. The van der Waals surface area contributed by atoms with Gasteiger partial charge in [-0.3, -0.25) is 10.1 Å². The molecule has 0 aliphatic rings. The van der Waals surface area contributed by atoms with Crippen LogP contribution < -0.4 is 15.4 Å². The number of oxazole rings is 1. The number of amides is 1. The summed E-state index contributed by atoms with van der Waals surface area (Å²) in [5.74, 6) is 0.754. The van der Waals surface area contributed by atoms with E-state index in [-0.39, 0.29) is 11.0 Å². The molecular weight excluding hydrogens is 457 g/mol. The number of thiocarbonyl (C=S) groups is 1. The molecule has 4 aromatic rings. The third-order valence-electron chi connectivity index (χ3n) is 4.39. The van der Waals surface area contributed by atoms with Gasteiger partial charge in [-0.2, -0.15) is 0 Å². The number of halogens is 2. The van der Waals surface area contributed by atoms with Gasteiger partial charge < -0.3 is 14.5 Å². The van der Waals surface area contributed by atoms with E-state index in [0.29, 0.717) is 49.6 Å². The van der Waals surface area contributed by atoms with Gasteiger partial charge in [-0.15, -0.1) is 0 Å². The van der Waals surface area contributed by atoms with Crippen LogP contribution in [0.2, 0.25) is 10.0 Å². The van der Waals surface area contributed by atoms with Crippen LogP contribution in [0.4, 0.5) is 5.69 Å². The number of ether oxygens (including phenoxy) is 1. The van der Waals surface area contributed by atoms with Crippen molar-refractivity contribution in [2.75, 3.05) is 12.4 Å². The molecule has 0 spiro atoms. The maximum Gasteiger partial charge on any atom is 0.257 e. The topological polar surface area (TPSA) is 76.4 Å². The number of rotatable bonds is 4. The van der Waals surface area contributed by atoms with Crippen LogP contribution in [0.3, 0.4) is 0 Å². The maximum atomic E-state index is 12.3. The quantitative estimate of drug-likeness (QED) is 0.358. The standard InChI is InChI=1S/C22H15Cl2N3O3S/c1-29-15-6-2-12(3-7-15)20(28)27-22(31)25-14-5-9-19-18(11-14)26-21(30-19)13-4-8-16(23)17(24)10-13/h2-11H,1H3,(H2,25,27,28,31). The smallest absolute Gasteiger partial charge is 0.257 e. The molecule has 1 aromatic heterocycles. The fourth-order valence-corrected chi connectivity index (χ4v) is 3.35. The Bertz CT molecular complexity index is 1290. The number of aromatic nitrogens is 1. The third-order valence-corrected chi connectivity index (χ3v) is 5.33. The van der Waals surface area contributed by atoms with Crippen LogP contribution in [0.1, 0.15) is 10.4 Å². The molecule has 4 rings (SSSR count). The van der Waals surface area contributed by atoms with Crippen LogP contribution >= 0.6 is 35.4 Å². The molecule has 1 heterocycles. The van der Waals surface area contributed by atoms with Crippen LogP contribution in [0.25, 0.3) is 22.6 Å². The molecule has 0 aliphatic heterocycles. The van der Waals surface area contributed by atoms with Gasteiger partial charge in [0, 0.05) is 16.8 Å². The van der Waals surface area contributed by atoms with E-state index in [1.165, 1.54) is 0 Å². The van der Waals surface area contributed by atoms with Gasteiger partial charge >= 0.3 is 0 Å². The number of methoxy groups -OCH3 is 1. The first kappa shape index (κ1) is 21.1. The fourth-order valence-electron chi connectivity index (χ4n) is 2.84. The monoisotopic (exact) mass is 471 g/mol. The Labute approximate surface area is 193 Å². The molecule has 3 aromatic carbocycles. The summed E-state index contributed by atoms with van der Waals surface area (Å²) in [6.45, 7) is 0. The summed E-state index contributed by atoms with van der Waals surface area (Å²) in [4.78, 5) is 16.8. The van der Waals surface area contributed by atoms with E-state index in [1.54, 1.807) is 67.8 Å². The Hall–Kier alpha value is -3.13. The number of hydrogen-bond acceptors (Lipinski definition) is 5. The summed E-state index contributed by atoms with van der Waals surface area (Å²) in [5, 5.41) is 6.66. The Kier molecular flexibility index (Phi) is 6.08. The highest BCUT2D eigenvalue weighted by atomic mass is 35.5. The summed E-state index contributed by atoms with van der Waals surface area (Å²) in [5.41, 5.74) is 3.04. The molecule has 0 aliphatic carbocycles. The van der Waals surface area contributed by atoms with Gasteiger partial charge in [0.1, 0.15) is 11.3 Å². The number of nitrogens with zero attached hydrogens (tertiary/aromatic N) is 1. The second kappa shape index (κ2) is 8.93. The van der Waals surface area contributed by atoms with Crippen molar-refractivity contribution in [3.63, 3.8) is 0 Å². The number of carbonyl (C=O) groups is 1. The molecule has 2 N–H and O–H groups in total. The van der Waals surface area contributed by atoms with Crippen LogP contribution in [0.15, 0.2) is 65.1 Å². The zero-order valence-electron chi connectivity index (χ0n) is 16.1. The number of fused-ring (bicyclic) bond motifs is 1. The van der Waals surface area contributed by atoms with Gasteiger partial charge in [0.15, 0.2) is 10.7 Å². The average molecular weight is 472 g/mol. The first-order valence-electron chi connectivity index (χ1n) is 9.05. The Morgan fingerprint density at radius 2 is 1.81 bits per heavy atom. The molecule has 0 saturated heterocycles. The number of nitrogens with one attached hydrogen (secondary N) is 2. The Morgan fingerprint density at radius 3 is 2.52 bits per heavy atom. The molecule has 0 saturated carbocycles. The lowest BCUT2D eigenvalue weighted by Gasteiger charge is -2.09. The molecule has 0 fully saturated rings. The minimum atomic E-state index is -0.329. The van der Waals surface area contributed by atoms with Gasteiger partial charge in [0.2, 0.25) is 5.89 Å². The van der Waals surface area contributed by atoms with Crippen LogP contribution in [-0.4, -0.2) is 23.1 Å². The summed E-state index contributed by atoms with van der Waals surface area (Å²) >= 11 is 17.3. The van der Waals surface area contributed by atoms with Crippen molar-refractivity contribution in [3.8, 4) is 17.2 Å². The van der Waals surface area contributed by atoms with E-state index in [2.05, 4.69) is 15.6 Å². The van der Waals surface area contributed by atoms with Crippen LogP contribution in [-0.2, 0) is 0 Å². The molecule has 0 unspecified atom stereocenters. The maximum absolute atomic E-state index is 12.3. The van der Waals surface area contributed by atoms with Crippen molar-refractivity contribution in [1.82, 2.24) is 10.3 Å². The molecule has 156 valence electrons. The lowest BCUT2D eigenvalue weighted by atomic mass is 10.2. The predicted octanol–water partition coefficient (Wildman–Crippen LogP) is 5.94. The minimum absolute atomic E-state index is 0.161. The van der Waals surface area contributed by atoms with Gasteiger partial charge in [-0.1, -0.05) is 23.2 Å². The molecular formula is C22H15Cl2N3O3S. The summed E-state index contributed by atoms with van der Waals surface area (Å²) in [7, 11) is 1.56. The molecule has 31 heavy (non-hydrogen) atoms. The van der Waals surface area contributed by atoms with E-state index in [0.717, 1.165) is 0 Å². The number of hydrogen-bond donors (Lipinski definition) is 2. The lowest BCUT2D eigenvalue weighted by Crippen LogP contribution is -2.34. The van der Waals surface area contributed by atoms with E-state index < -0.39 is 0 Å². The van der Waals surface area contributed by atoms with Crippen molar-refractivity contribution < 1.29 is 13.9 Å². The summed E-state index contributed by atoms with van der Waals surface area (Å²) < 4.78 is 10.9. The van der Waals surface area contributed by atoms with Crippen molar-refractivity contribution >= 4 is 63.2 Å². The zero-order valence-corrected chi connectivity index (χ0v) is 18.4. The first-order chi connectivity index (χ1) is 14.9. The van der Waals surface area contributed by atoms with E-state index >= 15 is 0 Å². The Balaban J connectivity index is 1.47. The van der Waals surface area contributed by atoms with Gasteiger partial charge in [0.05, 0.1) is 17.2 Å². The largest absolute Gasteiger partial charge is 0.497 e. The molecule has 0 radical (unpaired) electrons. The average Bonchev–Trinajstić information content (AvgIpc) is 3.19. The number of anilines is 1. The van der Waals surface area contributed by atoms with Gasteiger partial charge in [-0.05, 0) is 72.9 Å². The van der Waals surface area contributed by atoms with E-state index in [9.17, 15) is 4.79 Å². The molecule has 0 atom stereocenters. The highest BCUT2D eigenvalue weighted by molar-refractivity contribution is 7.80. The second-order valence-corrected chi connectivity index (χ2v) is 7.69. The highest BCUT2D eigenvalue weighted by Crippen LogP contribution is 2.30. The normalized spacial score (nSPS) is 10.7. The summed E-state index contributed by atoms with van der Waals surface area (Å²) in [6, 6.07) is 17.2. The number of benzene rings is 3. The molecule has 6 nitrogen and oxygen atoms in total. The van der Waals surface area contributed by atoms with Gasteiger partial charge in [-0.25, -0.2) is 4.98 Å². The van der Waals surface area contributed by atoms with E-state index in [4.69, 9.17) is 44.6 Å². The molecule has 1 amide bonds. The molecule has 0 bridgehead atoms. The summed E-state index contributed by atoms with van der Waals surface area (Å²) in [6.07, 6.45) is 0. The third kappa shape index (κ3) is 4.80. The Morgan fingerprint density at radius 1 is 1.03 bits per heavy atom.